The number of anilines is 1. The quantitative estimate of drug-likeness (QED) is 0.368. The molecule has 2 N–H and O–H groups in total. The van der Waals surface area contributed by atoms with Gasteiger partial charge < -0.3 is 5.21 Å². The number of halogens is 1. The highest BCUT2D eigenvalue weighted by molar-refractivity contribution is 14.1. The first-order chi connectivity index (χ1) is 9.11. The van der Waals surface area contributed by atoms with E-state index in [9.17, 15) is 4.79 Å². The number of carbonyl (C=O) groups is 1. The van der Waals surface area contributed by atoms with E-state index in [0.29, 0.717) is 22.1 Å². The van der Waals surface area contributed by atoms with Crippen LogP contribution in [0.3, 0.4) is 0 Å². The first kappa shape index (κ1) is 13.9. The fourth-order valence-corrected chi connectivity index (χ4v) is 2.74. The fourth-order valence-electron chi connectivity index (χ4n) is 1.36. The van der Waals surface area contributed by atoms with Gasteiger partial charge in [0.25, 0.3) is 5.91 Å². The van der Waals surface area contributed by atoms with E-state index < -0.39 is 0 Å². The molecule has 0 radical (unpaired) electrons. The Morgan fingerprint density at radius 3 is 2.89 bits per heavy atom. The molecule has 0 aliphatic carbocycles. The minimum absolute atomic E-state index is 0.204. The molecule has 0 fully saturated rings. The highest BCUT2D eigenvalue weighted by Gasteiger charge is 2.12. The largest absolute Gasteiger partial charge is 0.411 e. The predicted molar refractivity (Wildman–Crippen MR) is 83.2 cm³/mol. The molecule has 2 aromatic rings. The zero-order valence-corrected chi connectivity index (χ0v) is 12.9. The number of nitrogens with one attached hydrogen (secondary N) is 1. The average Bonchev–Trinajstić information content (AvgIpc) is 2.86. The molecule has 0 spiro atoms. The molecule has 7 heteroatoms. The summed E-state index contributed by atoms with van der Waals surface area (Å²) in [5, 5.41) is 16.7. The average molecular weight is 387 g/mol. The van der Waals surface area contributed by atoms with Crippen LogP contribution in [-0.4, -0.2) is 21.8 Å². The predicted octanol–water partition coefficient (Wildman–Crippen LogP) is 3.20. The molecule has 1 aromatic heterocycles. The van der Waals surface area contributed by atoms with E-state index in [4.69, 9.17) is 5.21 Å². The van der Waals surface area contributed by atoms with Crippen molar-refractivity contribution in [2.45, 2.75) is 6.92 Å². The lowest BCUT2D eigenvalue weighted by molar-refractivity contribution is 0.102. The van der Waals surface area contributed by atoms with Gasteiger partial charge in [-0.1, -0.05) is 17.3 Å². The summed E-state index contributed by atoms with van der Waals surface area (Å²) < 4.78 is 0.877. The first-order valence-electron chi connectivity index (χ1n) is 5.32. The number of benzene rings is 1. The summed E-state index contributed by atoms with van der Waals surface area (Å²) in [6.45, 7) is 1.64. The molecule has 98 valence electrons. The van der Waals surface area contributed by atoms with Gasteiger partial charge in [0.15, 0.2) is 5.13 Å². The lowest BCUT2D eigenvalue weighted by atomic mass is 10.2. The van der Waals surface area contributed by atoms with Gasteiger partial charge in [-0.3, -0.25) is 10.1 Å². The van der Waals surface area contributed by atoms with Crippen molar-refractivity contribution in [1.82, 2.24) is 4.98 Å². The minimum Gasteiger partial charge on any atom is -0.411 e. The van der Waals surface area contributed by atoms with Crippen molar-refractivity contribution in [3.8, 4) is 0 Å². The van der Waals surface area contributed by atoms with Crippen molar-refractivity contribution in [3.63, 3.8) is 0 Å². The second kappa shape index (κ2) is 6.11. The van der Waals surface area contributed by atoms with Crippen LogP contribution in [0.25, 0.3) is 0 Å². The zero-order valence-electron chi connectivity index (χ0n) is 9.92. The van der Waals surface area contributed by atoms with Crippen LogP contribution in [0.4, 0.5) is 5.13 Å². The standard InChI is InChI=1S/C12H10IN3O2S/c1-7(16-18)10-6-19-12(14-10)15-11(17)8-4-2-3-5-9(8)13/h2-6,18H,1H3,(H,14,15,17). The molecule has 1 heterocycles. The molecule has 1 amide bonds. The number of hydrogen-bond donors (Lipinski definition) is 2. The molecular weight excluding hydrogens is 377 g/mol. The van der Waals surface area contributed by atoms with Gasteiger partial charge in [0.05, 0.1) is 5.56 Å². The van der Waals surface area contributed by atoms with E-state index in [0.717, 1.165) is 3.57 Å². The SMILES string of the molecule is CC(=NO)c1csc(NC(=O)c2ccccc2I)n1. The zero-order chi connectivity index (χ0) is 13.8. The van der Waals surface area contributed by atoms with Gasteiger partial charge in [-0.15, -0.1) is 11.3 Å². The topological polar surface area (TPSA) is 74.6 Å². The van der Waals surface area contributed by atoms with Gasteiger partial charge in [-0.05, 0) is 41.6 Å². The number of rotatable bonds is 3. The Morgan fingerprint density at radius 1 is 1.47 bits per heavy atom. The molecule has 0 atom stereocenters. The maximum absolute atomic E-state index is 12.1. The number of carbonyl (C=O) groups excluding carboxylic acids is 1. The van der Waals surface area contributed by atoms with Gasteiger partial charge in [0.2, 0.25) is 0 Å². The van der Waals surface area contributed by atoms with Crippen molar-refractivity contribution in [2.75, 3.05) is 5.32 Å². The van der Waals surface area contributed by atoms with E-state index in [1.807, 2.05) is 18.2 Å². The Balaban J connectivity index is 2.16. The van der Waals surface area contributed by atoms with Gasteiger partial charge in [-0.25, -0.2) is 4.98 Å². The molecule has 19 heavy (non-hydrogen) atoms. The van der Waals surface area contributed by atoms with Gasteiger partial charge in [0, 0.05) is 8.95 Å². The Morgan fingerprint density at radius 2 is 2.21 bits per heavy atom. The Labute approximate surface area is 127 Å². The Hall–Kier alpha value is -1.48. The highest BCUT2D eigenvalue weighted by Crippen LogP contribution is 2.18. The molecule has 0 saturated heterocycles. The molecule has 1 aromatic carbocycles. The third kappa shape index (κ3) is 3.29. The van der Waals surface area contributed by atoms with Gasteiger partial charge in [0.1, 0.15) is 11.4 Å². The van der Waals surface area contributed by atoms with Gasteiger partial charge >= 0.3 is 0 Å². The van der Waals surface area contributed by atoms with E-state index in [1.165, 1.54) is 11.3 Å². The van der Waals surface area contributed by atoms with Gasteiger partial charge in [-0.2, -0.15) is 0 Å². The van der Waals surface area contributed by atoms with E-state index in [2.05, 4.69) is 38.0 Å². The lowest BCUT2D eigenvalue weighted by Gasteiger charge is -2.03. The van der Waals surface area contributed by atoms with Crippen molar-refractivity contribution >= 4 is 50.7 Å². The van der Waals surface area contributed by atoms with Crippen LogP contribution in [0.5, 0.6) is 0 Å². The molecule has 5 nitrogen and oxygen atoms in total. The Kier molecular flexibility index (Phi) is 4.48. The van der Waals surface area contributed by atoms with E-state index in [-0.39, 0.29) is 5.91 Å². The minimum atomic E-state index is -0.204. The molecular formula is C12H10IN3O2S. The second-order valence-electron chi connectivity index (χ2n) is 3.66. The molecule has 0 unspecified atom stereocenters. The molecule has 0 saturated carbocycles. The summed E-state index contributed by atoms with van der Waals surface area (Å²) in [7, 11) is 0. The number of oxime groups is 1. The maximum atomic E-state index is 12.1. The maximum Gasteiger partial charge on any atom is 0.258 e. The highest BCUT2D eigenvalue weighted by atomic mass is 127. The van der Waals surface area contributed by atoms with E-state index >= 15 is 0 Å². The van der Waals surface area contributed by atoms with Crippen LogP contribution in [0.1, 0.15) is 23.0 Å². The monoisotopic (exact) mass is 387 g/mol. The summed E-state index contributed by atoms with van der Waals surface area (Å²) in [6.07, 6.45) is 0. The van der Waals surface area contributed by atoms with Crippen LogP contribution in [0.15, 0.2) is 34.8 Å². The number of amides is 1. The van der Waals surface area contributed by atoms with E-state index in [1.54, 1.807) is 18.4 Å². The summed E-state index contributed by atoms with van der Waals surface area (Å²) in [5.41, 5.74) is 1.56. The molecule has 2 rings (SSSR count). The smallest absolute Gasteiger partial charge is 0.258 e. The summed E-state index contributed by atoms with van der Waals surface area (Å²) >= 11 is 3.39. The Bertz CT molecular complexity index is 639. The van der Waals surface area contributed by atoms with Crippen LogP contribution < -0.4 is 5.32 Å². The van der Waals surface area contributed by atoms with Crippen LogP contribution in [0, 0.1) is 3.57 Å². The van der Waals surface area contributed by atoms with Crippen molar-refractivity contribution in [3.05, 3.63) is 44.5 Å². The summed E-state index contributed by atoms with van der Waals surface area (Å²) in [5.74, 6) is -0.204. The van der Waals surface area contributed by atoms with Crippen LogP contribution >= 0.6 is 33.9 Å². The lowest BCUT2D eigenvalue weighted by Crippen LogP contribution is -2.13. The fraction of sp³-hybridized carbons (Fsp3) is 0.0833. The normalized spacial score (nSPS) is 11.4. The van der Waals surface area contributed by atoms with Crippen LogP contribution in [-0.2, 0) is 0 Å². The first-order valence-corrected chi connectivity index (χ1v) is 7.28. The summed E-state index contributed by atoms with van der Waals surface area (Å²) in [4.78, 5) is 16.2. The number of aromatic nitrogens is 1. The van der Waals surface area contributed by atoms with Crippen molar-refractivity contribution in [2.24, 2.45) is 5.16 Å². The van der Waals surface area contributed by atoms with Crippen molar-refractivity contribution < 1.29 is 10.0 Å². The number of nitrogens with zero attached hydrogens (tertiary/aromatic N) is 2. The third-order valence-corrected chi connectivity index (χ3v) is 4.06. The third-order valence-electron chi connectivity index (χ3n) is 2.36. The molecule has 0 aliphatic rings. The number of thiazole rings is 1. The molecule has 0 aliphatic heterocycles. The molecule has 0 bridgehead atoms. The van der Waals surface area contributed by atoms with Crippen LogP contribution in [0.2, 0.25) is 0 Å². The number of hydrogen-bond acceptors (Lipinski definition) is 5. The summed E-state index contributed by atoms with van der Waals surface area (Å²) in [6, 6.07) is 7.31. The van der Waals surface area contributed by atoms with Crippen molar-refractivity contribution in [1.29, 1.82) is 0 Å². The second-order valence-corrected chi connectivity index (χ2v) is 5.68.